The zero-order chi connectivity index (χ0) is 21.1. The molecule has 162 valence electrons. The smallest absolute Gasteiger partial charge is 0.309 e. The molecule has 4 aliphatic rings. The van der Waals surface area contributed by atoms with Crippen LogP contribution in [0.5, 0.6) is 0 Å². The van der Waals surface area contributed by atoms with Gasteiger partial charge in [0.2, 0.25) is 0 Å². The Morgan fingerprint density at radius 1 is 1.28 bits per heavy atom. The lowest BCUT2D eigenvalue weighted by molar-refractivity contribution is -0.272. The Morgan fingerprint density at radius 2 is 2.00 bits per heavy atom. The molecule has 29 heavy (non-hydrogen) atoms. The molecule has 3 aliphatic heterocycles. The maximum atomic E-state index is 12.9. The second kappa shape index (κ2) is 7.06. The fourth-order valence-electron chi connectivity index (χ4n) is 6.55. The number of carbonyl (C=O) groups excluding carboxylic acids is 2. The van der Waals surface area contributed by atoms with Crippen molar-refractivity contribution in [1.29, 1.82) is 0 Å². The van der Waals surface area contributed by atoms with E-state index in [1.807, 2.05) is 20.8 Å². The summed E-state index contributed by atoms with van der Waals surface area (Å²) in [4.78, 5) is 29.6. The third kappa shape index (κ3) is 3.22. The van der Waals surface area contributed by atoms with Crippen molar-refractivity contribution >= 4 is 11.9 Å². The molecule has 4 fully saturated rings. The first-order valence-corrected chi connectivity index (χ1v) is 10.7. The number of hydrogen-bond donors (Lipinski definition) is 1. The van der Waals surface area contributed by atoms with Gasteiger partial charge in [-0.25, -0.2) is 4.89 Å². The van der Waals surface area contributed by atoms with E-state index in [9.17, 15) is 14.8 Å². The Balaban J connectivity index is 1.83. The SMILES string of the molecule is C=C1CC2OC3C4C(CCC(C)(OC(C)=O)C24)C(C)C(=O)OC3(C)CCC1OO. The molecule has 3 heterocycles. The molecule has 0 radical (unpaired) electrons. The first-order chi connectivity index (χ1) is 13.6. The van der Waals surface area contributed by atoms with Gasteiger partial charge in [-0.15, -0.1) is 0 Å². The molecular formula is C22H32O7. The van der Waals surface area contributed by atoms with Gasteiger partial charge in [0.25, 0.3) is 0 Å². The summed E-state index contributed by atoms with van der Waals surface area (Å²) in [5, 5.41) is 9.42. The van der Waals surface area contributed by atoms with Crippen LogP contribution in [0.4, 0.5) is 0 Å². The van der Waals surface area contributed by atoms with Gasteiger partial charge in [0.05, 0.1) is 12.0 Å². The maximum Gasteiger partial charge on any atom is 0.309 e. The standard InChI is InChI=1S/C22H32O7/c1-11-10-16-18-17-14(6-8-21(18,4)27-13(3)23)12(2)20(24)28-22(5,19(17)26-16)9-7-15(11)29-25/h12,14-19,25H,1,6-10H2,2-5H3. The molecule has 0 aromatic rings. The Hall–Kier alpha value is -1.44. The maximum absolute atomic E-state index is 12.9. The third-order valence-electron chi connectivity index (χ3n) is 7.94. The summed E-state index contributed by atoms with van der Waals surface area (Å²) < 4.78 is 18.6. The van der Waals surface area contributed by atoms with Crippen molar-refractivity contribution in [2.75, 3.05) is 0 Å². The molecule has 0 aromatic carbocycles. The number of esters is 2. The molecule has 9 atom stereocenters. The number of rotatable bonds is 2. The highest BCUT2D eigenvalue weighted by Gasteiger charge is 2.66. The van der Waals surface area contributed by atoms with Gasteiger partial charge in [-0.1, -0.05) is 13.5 Å². The van der Waals surface area contributed by atoms with Crippen molar-refractivity contribution in [2.24, 2.45) is 23.7 Å². The lowest BCUT2D eigenvalue weighted by Gasteiger charge is -2.48. The van der Waals surface area contributed by atoms with Crippen molar-refractivity contribution in [3.05, 3.63) is 12.2 Å². The Bertz CT molecular complexity index is 720. The van der Waals surface area contributed by atoms with Crippen LogP contribution < -0.4 is 0 Å². The van der Waals surface area contributed by atoms with Crippen LogP contribution in [-0.4, -0.2) is 46.7 Å². The summed E-state index contributed by atoms with van der Waals surface area (Å²) in [6.07, 6.45) is 1.85. The molecule has 1 N–H and O–H groups in total. The highest BCUT2D eigenvalue weighted by molar-refractivity contribution is 5.73. The Labute approximate surface area is 171 Å². The van der Waals surface area contributed by atoms with Crippen molar-refractivity contribution in [2.45, 2.75) is 89.3 Å². The monoisotopic (exact) mass is 408 g/mol. The van der Waals surface area contributed by atoms with Crippen molar-refractivity contribution in [3.8, 4) is 0 Å². The molecule has 3 saturated heterocycles. The molecule has 7 nitrogen and oxygen atoms in total. The van der Waals surface area contributed by atoms with E-state index < -0.39 is 17.3 Å². The van der Waals surface area contributed by atoms with Gasteiger partial charge >= 0.3 is 11.9 Å². The van der Waals surface area contributed by atoms with Crippen molar-refractivity contribution < 1.29 is 33.9 Å². The van der Waals surface area contributed by atoms with Crippen LogP contribution in [0.1, 0.15) is 59.8 Å². The van der Waals surface area contributed by atoms with E-state index in [1.165, 1.54) is 6.92 Å². The molecule has 9 unspecified atom stereocenters. The largest absolute Gasteiger partial charge is 0.459 e. The predicted octanol–water partition coefficient (Wildman–Crippen LogP) is 3.27. The number of fused-ring (bicyclic) bond motifs is 2. The molecule has 4 rings (SSSR count). The quantitative estimate of drug-likeness (QED) is 0.324. The van der Waals surface area contributed by atoms with Crippen molar-refractivity contribution in [1.82, 2.24) is 0 Å². The van der Waals surface area contributed by atoms with Crippen LogP contribution in [-0.2, 0) is 28.7 Å². The minimum absolute atomic E-state index is 0.0453. The molecule has 1 saturated carbocycles. The van der Waals surface area contributed by atoms with Crippen LogP contribution in [0.25, 0.3) is 0 Å². The topological polar surface area (TPSA) is 91.3 Å². The minimum atomic E-state index is -0.840. The Morgan fingerprint density at radius 3 is 2.66 bits per heavy atom. The van der Waals surface area contributed by atoms with Crippen LogP contribution >= 0.6 is 0 Å². The molecule has 0 spiro atoms. The van der Waals surface area contributed by atoms with E-state index in [1.54, 1.807) is 0 Å². The van der Waals surface area contributed by atoms with E-state index in [-0.39, 0.29) is 47.8 Å². The summed E-state index contributed by atoms with van der Waals surface area (Å²) in [5.74, 6) is -0.686. The molecule has 0 aromatic heterocycles. The molecular weight excluding hydrogens is 376 g/mol. The van der Waals surface area contributed by atoms with Crippen LogP contribution in [0.2, 0.25) is 0 Å². The highest BCUT2D eigenvalue weighted by Crippen LogP contribution is 2.59. The van der Waals surface area contributed by atoms with E-state index in [0.717, 1.165) is 12.0 Å². The van der Waals surface area contributed by atoms with Crippen LogP contribution in [0, 0.1) is 23.7 Å². The van der Waals surface area contributed by atoms with Crippen LogP contribution in [0.3, 0.4) is 0 Å². The normalized spacial score (nSPS) is 49.3. The first kappa shape index (κ1) is 20.8. The zero-order valence-corrected chi connectivity index (χ0v) is 17.7. The number of carbonyl (C=O) groups is 2. The van der Waals surface area contributed by atoms with Gasteiger partial charge in [0, 0.05) is 18.8 Å². The second-order valence-corrected chi connectivity index (χ2v) is 9.82. The number of ether oxygens (including phenoxy) is 3. The van der Waals surface area contributed by atoms with Crippen LogP contribution in [0.15, 0.2) is 12.2 Å². The summed E-state index contributed by atoms with van der Waals surface area (Å²) in [6.45, 7) is 11.4. The predicted molar refractivity (Wildman–Crippen MR) is 103 cm³/mol. The lowest BCUT2D eigenvalue weighted by atomic mass is 9.58. The lowest BCUT2D eigenvalue weighted by Crippen LogP contribution is -2.54. The summed E-state index contributed by atoms with van der Waals surface area (Å²) >= 11 is 0. The second-order valence-electron chi connectivity index (χ2n) is 9.82. The van der Waals surface area contributed by atoms with Gasteiger partial charge in [0.15, 0.2) is 0 Å². The number of hydrogen-bond acceptors (Lipinski definition) is 7. The fourth-order valence-corrected chi connectivity index (χ4v) is 6.55. The van der Waals surface area contributed by atoms with E-state index in [4.69, 9.17) is 19.1 Å². The average molecular weight is 408 g/mol. The summed E-state index contributed by atoms with van der Waals surface area (Å²) in [5.41, 5.74) is -0.782. The molecule has 2 bridgehead atoms. The van der Waals surface area contributed by atoms with E-state index in [0.29, 0.717) is 25.7 Å². The van der Waals surface area contributed by atoms with Crippen molar-refractivity contribution in [3.63, 3.8) is 0 Å². The Kier molecular flexibility index (Phi) is 5.07. The van der Waals surface area contributed by atoms with Gasteiger partial charge in [-0.2, -0.15) is 0 Å². The van der Waals surface area contributed by atoms with E-state index in [2.05, 4.69) is 6.58 Å². The van der Waals surface area contributed by atoms with Gasteiger partial charge in [-0.05, 0) is 57.4 Å². The molecule has 0 amide bonds. The zero-order valence-electron chi connectivity index (χ0n) is 17.7. The molecule has 1 aliphatic carbocycles. The first-order valence-electron chi connectivity index (χ1n) is 10.7. The summed E-state index contributed by atoms with van der Waals surface area (Å²) in [7, 11) is 0. The molecule has 7 heteroatoms. The fraction of sp³-hybridized carbons (Fsp3) is 0.818. The van der Waals surface area contributed by atoms with Gasteiger partial charge < -0.3 is 14.2 Å². The minimum Gasteiger partial charge on any atom is -0.459 e. The third-order valence-corrected chi connectivity index (χ3v) is 7.94. The van der Waals surface area contributed by atoms with E-state index >= 15 is 0 Å². The van der Waals surface area contributed by atoms with Gasteiger partial charge in [0.1, 0.15) is 23.4 Å². The average Bonchev–Trinajstić information content (AvgIpc) is 3.00. The van der Waals surface area contributed by atoms with Gasteiger partial charge in [-0.3, -0.25) is 14.8 Å². The summed E-state index contributed by atoms with van der Waals surface area (Å²) in [6, 6.07) is 0. The highest BCUT2D eigenvalue weighted by atomic mass is 17.1.